The van der Waals surface area contributed by atoms with Crippen molar-refractivity contribution in [1.29, 1.82) is 0 Å². The van der Waals surface area contributed by atoms with Crippen LogP contribution in [0.25, 0.3) is 6.08 Å². The van der Waals surface area contributed by atoms with Gasteiger partial charge in [-0.3, -0.25) is 19.7 Å². The molecule has 0 bridgehead atoms. The molecule has 5 nitrogen and oxygen atoms in total. The van der Waals surface area contributed by atoms with Crippen LogP contribution < -0.4 is 10.1 Å². The van der Waals surface area contributed by atoms with Gasteiger partial charge in [-0.05, 0) is 47.9 Å². The van der Waals surface area contributed by atoms with E-state index in [0.717, 1.165) is 18.2 Å². The molecule has 6 heteroatoms. The van der Waals surface area contributed by atoms with Crippen LogP contribution >= 0.6 is 11.8 Å². The third-order valence-electron chi connectivity index (χ3n) is 4.26. The van der Waals surface area contributed by atoms with Gasteiger partial charge in [0, 0.05) is 6.42 Å². The Morgan fingerprint density at radius 2 is 2.08 bits per heavy atom. The molecule has 1 aliphatic heterocycles. The summed E-state index contributed by atoms with van der Waals surface area (Å²) in [5.41, 5.74) is 0.712. The molecule has 2 amide bonds. The number of esters is 1. The second kappa shape index (κ2) is 7.66. The van der Waals surface area contributed by atoms with E-state index in [1.54, 1.807) is 30.3 Å². The van der Waals surface area contributed by atoms with Gasteiger partial charge in [-0.25, -0.2) is 0 Å². The summed E-state index contributed by atoms with van der Waals surface area (Å²) in [6.45, 7) is 0. The molecule has 1 saturated heterocycles. The Labute approximate surface area is 144 Å². The van der Waals surface area contributed by atoms with Crippen LogP contribution in [0.2, 0.25) is 0 Å². The zero-order valence-corrected chi connectivity index (χ0v) is 14.1. The van der Waals surface area contributed by atoms with Crippen molar-refractivity contribution in [1.82, 2.24) is 5.32 Å². The van der Waals surface area contributed by atoms with Gasteiger partial charge in [-0.2, -0.15) is 0 Å². The Hall–Kier alpha value is -2.08. The highest BCUT2D eigenvalue weighted by molar-refractivity contribution is 8.18. The number of rotatable bonds is 5. The Kier molecular flexibility index (Phi) is 5.35. The lowest BCUT2D eigenvalue weighted by atomic mass is 10.0. The van der Waals surface area contributed by atoms with Gasteiger partial charge in [0.05, 0.1) is 4.91 Å². The standard InChI is InChI=1S/C18H19NO4S/c20-16(9-8-12-4-1-2-5-12)23-14-7-3-6-13(10-14)11-15-17(21)19-18(22)24-15/h3,6-7,10-12H,1-2,4-5,8-9H2,(H,19,21,22)/b15-11-. The molecule has 1 aromatic carbocycles. The summed E-state index contributed by atoms with van der Waals surface area (Å²) in [6.07, 6.45) is 7.91. The Morgan fingerprint density at radius 1 is 1.29 bits per heavy atom. The highest BCUT2D eigenvalue weighted by Crippen LogP contribution is 2.29. The first-order chi connectivity index (χ1) is 11.6. The fourth-order valence-electron chi connectivity index (χ4n) is 3.04. The molecule has 0 unspecified atom stereocenters. The van der Waals surface area contributed by atoms with E-state index in [-0.39, 0.29) is 11.2 Å². The van der Waals surface area contributed by atoms with E-state index < -0.39 is 5.91 Å². The Morgan fingerprint density at radius 3 is 2.79 bits per heavy atom. The number of nitrogens with one attached hydrogen (secondary N) is 1. The zero-order chi connectivity index (χ0) is 16.9. The van der Waals surface area contributed by atoms with Gasteiger partial charge in [0.1, 0.15) is 5.75 Å². The third-order valence-corrected chi connectivity index (χ3v) is 5.07. The lowest BCUT2D eigenvalue weighted by Gasteiger charge is -2.09. The van der Waals surface area contributed by atoms with Gasteiger partial charge in [0.2, 0.25) is 0 Å². The summed E-state index contributed by atoms with van der Waals surface area (Å²) >= 11 is 0.864. The fourth-order valence-corrected chi connectivity index (χ4v) is 3.73. The number of ether oxygens (including phenoxy) is 1. The monoisotopic (exact) mass is 345 g/mol. The molecule has 0 radical (unpaired) electrons. The number of thioether (sulfide) groups is 1. The average molecular weight is 345 g/mol. The van der Waals surface area contributed by atoms with Crippen LogP contribution in [0.3, 0.4) is 0 Å². The molecular weight excluding hydrogens is 326 g/mol. The van der Waals surface area contributed by atoms with Crippen molar-refractivity contribution in [3.05, 3.63) is 34.7 Å². The van der Waals surface area contributed by atoms with E-state index in [9.17, 15) is 14.4 Å². The van der Waals surface area contributed by atoms with Crippen LogP contribution in [-0.4, -0.2) is 17.1 Å². The summed E-state index contributed by atoms with van der Waals surface area (Å²) in [7, 11) is 0. The molecule has 0 spiro atoms. The van der Waals surface area contributed by atoms with Crippen molar-refractivity contribution in [3.63, 3.8) is 0 Å². The number of imide groups is 1. The Balaban J connectivity index is 1.58. The molecule has 2 aliphatic rings. The number of hydrogen-bond acceptors (Lipinski definition) is 5. The molecule has 0 aromatic heterocycles. The maximum Gasteiger partial charge on any atom is 0.311 e. The zero-order valence-electron chi connectivity index (χ0n) is 13.2. The van der Waals surface area contributed by atoms with Gasteiger partial charge in [0.15, 0.2) is 0 Å². The van der Waals surface area contributed by atoms with Crippen molar-refractivity contribution < 1.29 is 19.1 Å². The van der Waals surface area contributed by atoms with Crippen molar-refractivity contribution in [3.8, 4) is 5.75 Å². The minimum atomic E-state index is -0.399. The maximum absolute atomic E-state index is 12.0. The summed E-state index contributed by atoms with van der Waals surface area (Å²) in [5.74, 6) is 0.485. The summed E-state index contributed by atoms with van der Waals surface area (Å²) in [5, 5.41) is 1.83. The predicted molar refractivity (Wildman–Crippen MR) is 92.4 cm³/mol. The van der Waals surface area contributed by atoms with Crippen molar-refractivity contribution in [2.24, 2.45) is 5.92 Å². The summed E-state index contributed by atoms with van der Waals surface area (Å²) in [4.78, 5) is 35.0. The summed E-state index contributed by atoms with van der Waals surface area (Å²) in [6, 6.07) is 6.95. The largest absolute Gasteiger partial charge is 0.427 e. The molecule has 1 aliphatic carbocycles. The van der Waals surface area contributed by atoms with Gasteiger partial charge in [-0.1, -0.05) is 37.8 Å². The van der Waals surface area contributed by atoms with Crippen LogP contribution in [0.15, 0.2) is 29.2 Å². The molecule has 2 fully saturated rings. The molecular formula is C18H19NO4S. The second-order valence-electron chi connectivity index (χ2n) is 6.09. The van der Waals surface area contributed by atoms with E-state index >= 15 is 0 Å². The molecule has 126 valence electrons. The van der Waals surface area contributed by atoms with Crippen molar-refractivity contribution in [2.75, 3.05) is 0 Å². The van der Waals surface area contributed by atoms with Crippen LogP contribution in [0.4, 0.5) is 4.79 Å². The minimum Gasteiger partial charge on any atom is -0.427 e. The molecule has 3 rings (SSSR count). The predicted octanol–water partition coefficient (Wildman–Crippen LogP) is 3.89. The van der Waals surface area contributed by atoms with Crippen LogP contribution in [0, 0.1) is 5.92 Å². The number of hydrogen-bond donors (Lipinski definition) is 1. The molecule has 1 aromatic rings. The molecule has 1 N–H and O–H groups in total. The highest BCUT2D eigenvalue weighted by Gasteiger charge is 2.25. The lowest BCUT2D eigenvalue weighted by Crippen LogP contribution is -2.17. The lowest BCUT2D eigenvalue weighted by molar-refractivity contribution is -0.134. The second-order valence-corrected chi connectivity index (χ2v) is 7.10. The number of carbonyl (C=O) groups is 3. The highest BCUT2D eigenvalue weighted by atomic mass is 32.2. The van der Waals surface area contributed by atoms with E-state index in [0.29, 0.717) is 28.6 Å². The molecule has 1 saturated carbocycles. The SMILES string of the molecule is O=C(CCC1CCCC1)Oc1cccc(/C=C2\SC(=O)NC2=O)c1. The van der Waals surface area contributed by atoms with Crippen LogP contribution in [0.5, 0.6) is 5.75 Å². The van der Waals surface area contributed by atoms with Gasteiger partial charge in [-0.15, -0.1) is 0 Å². The van der Waals surface area contributed by atoms with Crippen molar-refractivity contribution >= 4 is 35.0 Å². The van der Waals surface area contributed by atoms with E-state index in [2.05, 4.69) is 5.32 Å². The maximum atomic E-state index is 12.0. The smallest absolute Gasteiger partial charge is 0.311 e. The molecule has 1 heterocycles. The van der Waals surface area contributed by atoms with Gasteiger partial charge >= 0.3 is 5.97 Å². The first-order valence-electron chi connectivity index (χ1n) is 8.16. The average Bonchev–Trinajstić information content (AvgIpc) is 3.16. The van der Waals surface area contributed by atoms with E-state index in [1.807, 2.05) is 0 Å². The van der Waals surface area contributed by atoms with Crippen LogP contribution in [-0.2, 0) is 9.59 Å². The first kappa shape index (κ1) is 16.8. The van der Waals surface area contributed by atoms with Gasteiger partial charge < -0.3 is 4.74 Å². The number of amides is 2. The topological polar surface area (TPSA) is 72.5 Å². The third kappa shape index (κ3) is 4.47. The van der Waals surface area contributed by atoms with E-state index in [1.165, 1.54) is 25.7 Å². The first-order valence-corrected chi connectivity index (χ1v) is 8.97. The molecule has 24 heavy (non-hydrogen) atoms. The fraction of sp³-hybridized carbons (Fsp3) is 0.389. The van der Waals surface area contributed by atoms with E-state index in [4.69, 9.17) is 4.74 Å². The number of benzene rings is 1. The van der Waals surface area contributed by atoms with Gasteiger partial charge in [0.25, 0.3) is 11.1 Å². The quantitative estimate of drug-likeness (QED) is 0.498. The van der Waals surface area contributed by atoms with Crippen LogP contribution in [0.1, 0.15) is 44.1 Å². The normalized spacial score (nSPS) is 19.8. The minimum absolute atomic E-state index is 0.227. The molecule has 0 atom stereocenters. The summed E-state index contributed by atoms with van der Waals surface area (Å²) < 4.78 is 5.38. The van der Waals surface area contributed by atoms with Crippen molar-refractivity contribution in [2.45, 2.75) is 38.5 Å². The number of carbonyl (C=O) groups excluding carboxylic acids is 3. The Bertz CT molecular complexity index is 692.